The number of aromatic hydroxyl groups is 1. The van der Waals surface area contributed by atoms with Crippen molar-refractivity contribution < 1.29 is 19.8 Å². The first kappa shape index (κ1) is 17.5. The molecule has 0 saturated carbocycles. The van der Waals surface area contributed by atoms with Crippen LogP contribution in [0, 0.1) is 0 Å². The lowest BCUT2D eigenvalue weighted by atomic mass is 10.1. The maximum Gasteiger partial charge on any atom is 0.335 e. The van der Waals surface area contributed by atoms with Crippen LogP contribution in [0.5, 0.6) is 5.75 Å². The molecule has 2 aromatic carbocycles. The molecule has 2 aromatic rings. The summed E-state index contributed by atoms with van der Waals surface area (Å²) >= 11 is 12.2. The number of phenols is 1. The summed E-state index contributed by atoms with van der Waals surface area (Å²) < 4.78 is 0.278. The highest BCUT2D eigenvalue weighted by Gasteiger charge is 2.33. The number of hydrogen-bond acceptors (Lipinski definition) is 5. The van der Waals surface area contributed by atoms with Crippen molar-refractivity contribution in [2.75, 3.05) is 4.90 Å². The molecule has 25 heavy (non-hydrogen) atoms. The standard InChI is InChI=1S/C17H10ClNO4S2/c18-11-4-5-13(20)10(6-11)8-14-15(21)19(17(24)25-14)12-3-1-2-9(7-12)16(22)23/h1-8,20H,(H,22,23)/b14-8+. The molecule has 5 nitrogen and oxygen atoms in total. The summed E-state index contributed by atoms with van der Waals surface area (Å²) in [4.78, 5) is 25.4. The van der Waals surface area contributed by atoms with Crippen molar-refractivity contribution in [2.45, 2.75) is 0 Å². The summed E-state index contributed by atoms with van der Waals surface area (Å²) in [6, 6.07) is 10.5. The number of carboxylic acids is 1. The maximum absolute atomic E-state index is 12.7. The zero-order valence-electron chi connectivity index (χ0n) is 12.5. The number of carboxylic acid groups (broad SMARTS) is 1. The molecule has 0 atom stereocenters. The highest BCUT2D eigenvalue weighted by Crippen LogP contribution is 2.37. The van der Waals surface area contributed by atoms with Crippen molar-refractivity contribution in [3.8, 4) is 5.75 Å². The molecule has 8 heteroatoms. The summed E-state index contributed by atoms with van der Waals surface area (Å²) in [7, 11) is 0. The maximum atomic E-state index is 12.7. The van der Waals surface area contributed by atoms with E-state index in [1.54, 1.807) is 12.1 Å². The Morgan fingerprint density at radius 3 is 2.72 bits per heavy atom. The second kappa shape index (κ2) is 6.87. The molecule has 3 rings (SSSR count). The molecule has 1 saturated heterocycles. The van der Waals surface area contributed by atoms with Gasteiger partial charge in [-0.3, -0.25) is 9.69 Å². The van der Waals surface area contributed by atoms with Crippen molar-refractivity contribution in [3.05, 3.63) is 63.5 Å². The smallest absolute Gasteiger partial charge is 0.335 e. The average molecular weight is 392 g/mol. The minimum absolute atomic E-state index is 0.0115. The topological polar surface area (TPSA) is 77.8 Å². The van der Waals surface area contributed by atoms with Crippen molar-refractivity contribution >= 4 is 63.5 Å². The molecule has 0 radical (unpaired) electrons. The number of amides is 1. The highest BCUT2D eigenvalue weighted by molar-refractivity contribution is 8.27. The highest BCUT2D eigenvalue weighted by atomic mass is 35.5. The number of rotatable bonds is 3. The third-order valence-electron chi connectivity index (χ3n) is 3.42. The minimum Gasteiger partial charge on any atom is -0.507 e. The molecular formula is C17H10ClNO4S2. The van der Waals surface area contributed by atoms with Crippen molar-refractivity contribution in [1.29, 1.82) is 0 Å². The summed E-state index contributed by atoms with van der Waals surface area (Å²) in [5.74, 6) is -1.49. The molecule has 1 aliphatic rings. The number of carbonyl (C=O) groups excluding carboxylic acids is 1. The Morgan fingerprint density at radius 2 is 2.00 bits per heavy atom. The van der Waals surface area contributed by atoms with Crippen LogP contribution in [-0.4, -0.2) is 26.4 Å². The van der Waals surface area contributed by atoms with Crippen LogP contribution in [0.15, 0.2) is 47.4 Å². The Kier molecular flexibility index (Phi) is 4.80. The second-order valence-corrected chi connectivity index (χ2v) is 7.19. The van der Waals surface area contributed by atoms with Crippen LogP contribution in [0.2, 0.25) is 5.02 Å². The van der Waals surface area contributed by atoms with Crippen molar-refractivity contribution in [3.63, 3.8) is 0 Å². The van der Waals surface area contributed by atoms with E-state index in [1.165, 1.54) is 41.3 Å². The van der Waals surface area contributed by atoms with Crippen LogP contribution in [0.1, 0.15) is 15.9 Å². The van der Waals surface area contributed by atoms with Gasteiger partial charge in [-0.1, -0.05) is 41.6 Å². The van der Waals surface area contributed by atoms with Gasteiger partial charge in [-0.25, -0.2) is 4.79 Å². The average Bonchev–Trinajstić information content (AvgIpc) is 2.85. The van der Waals surface area contributed by atoms with E-state index in [4.69, 9.17) is 28.9 Å². The zero-order chi connectivity index (χ0) is 18.1. The molecule has 0 unspecified atom stereocenters. The number of carbonyl (C=O) groups is 2. The number of anilines is 1. The fourth-order valence-corrected chi connectivity index (χ4v) is 3.72. The molecule has 0 aliphatic carbocycles. The number of thioether (sulfide) groups is 1. The van der Waals surface area contributed by atoms with Gasteiger partial charge in [-0.2, -0.15) is 0 Å². The SMILES string of the molecule is O=C(O)c1cccc(N2C(=O)/C(=C\c3cc(Cl)ccc3O)SC2=S)c1. The van der Waals surface area contributed by atoms with E-state index >= 15 is 0 Å². The normalized spacial score (nSPS) is 15.9. The summed E-state index contributed by atoms with van der Waals surface area (Å²) in [5.41, 5.74) is 0.830. The Balaban J connectivity index is 1.98. The van der Waals surface area contributed by atoms with Crippen LogP contribution in [0.3, 0.4) is 0 Å². The molecule has 1 fully saturated rings. The Hall–Kier alpha value is -2.35. The van der Waals surface area contributed by atoms with Crippen LogP contribution < -0.4 is 4.90 Å². The first-order valence-corrected chi connectivity index (χ1v) is 8.57. The van der Waals surface area contributed by atoms with E-state index in [0.29, 0.717) is 21.2 Å². The van der Waals surface area contributed by atoms with Crippen molar-refractivity contribution in [1.82, 2.24) is 0 Å². The fraction of sp³-hybridized carbons (Fsp3) is 0. The van der Waals surface area contributed by atoms with Gasteiger partial charge in [0.2, 0.25) is 0 Å². The molecule has 1 heterocycles. The van der Waals surface area contributed by atoms with Gasteiger partial charge in [0.1, 0.15) is 5.75 Å². The van der Waals surface area contributed by atoms with Crippen LogP contribution in [0.25, 0.3) is 6.08 Å². The number of benzene rings is 2. The van der Waals surface area contributed by atoms with E-state index in [1.807, 2.05) is 0 Å². The van der Waals surface area contributed by atoms with Gasteiger partial charge in [-0.15, -0.1) is 0 Å². The van der Waals surface area contributed by atoms with Crippen molar-refractivity contribution in [2.24, 2.45) is 0 Å². The van der Waals surface area contributed by atoms with Crippen LogP contribution in [0.4, 0.5) is 5.69 Å². The van der Waals surface area contributed by atoms with Gasteiger partial charge >= 0.3 is 5.97 Å². The van der Waals surface area contributed by atoms with Gasteiger partial charge in [0, 0.05) is 10.6 Å². The first-order chi connectivity index (χ1) is 11.9. The third-order valence-corrected chi connectivity index (χ3v) is 4.96. The Labute approximate surface area is 157 Å². The Morgan fingerprint density at radius 1 is 1.24 bits per heavy atom. The van der Waals surface area contributed by atoms with E-state index in [-0.39, 0.29) is 15.6 Å². The molecule has 0 bridgehead atoms. The number of hydrogen-bond donors (Lipinski definition) is 2. The van der Waals surface area contributed by atoms with E-state index in [0.717, 1.165) is 11.8 Å². The lowest BCUT2D eigenvalue weighted by molar-refractivity contribution is -0.113. The lowest BCUT2D eigenvalue weighted by Gasteiger charge is -2.14. The van der Waals surface area contributed by atoms with E-state index in [2.05, 4.69) is 0 Å². The molecule has 1 aliphatic heterocycles. The predicted octanol–water partition coefficient (Wildman–Crippen LogP) is 4.15. The van der Waals surface area contributed by atoms with E-state index in [9.17, 15) is 14.7 Å². The monoisotopic (exact) mass is 391 g/mol. The van der Waals surface area contributed by atoms with Gasteiger partial charge in [0.25, 0.3) is 5.91 Å². The van der Waals surface area contributed by atoms with Crippen LogP contribution >= 0.6 is 35.6 Å². The van der Waals surface area contributed by atoms with Crippen LogP contribution in [-0.2, 0) is 4.79 Å². The number of nitrogens with zero attached hydrogens (tertiary/aromatic N) is 1. The van der Waals surface area contributed by atoms with E-state index < -0.39 is 11.9 Å². The summed E-state index contributed by atoms with van der Waals surface area (Å²) in [6.45, 7) is 0. The van der Waals surface area contributed by atoms with Gasteiger partial charge < -0.3 is 10.2 Å². The summed E-state index contributed by atoms with van der Waals surface area (Å²) in [5, 5.41) is 19.4. The van der Waals surface area contributed by atoms with Gasteiger partial charge in [-0.05, 0) is 42.5 Å². The molecule has 1 amide bonds. The molecular weight excluding hydrogens is 382 g/mol. The molecule has 2 N–H and O–H groups in total. The predicted molar refractivity (Wildman–Crippen MR) is 102 cm³/mol. The molecule has 0 spiro atoms. The number of phenolic OH excluding ortho intramolecular Hbond substituents is 1. The lowest BCUT2D eigenvalue weighted by Crippen LogP contribution is -2.27. The number of thiocarbonyl (C=S) groups is 1. The zero-order valence-corrected chi connectivity index (χ0v) is 14.9. The van der Waals surface area contributed by atoms with Gasteiger partial charge in [0.05, 0.1) is 16.2 Å². The quantitative estimate of drug-likeness (QED) is 0.604. The second-order valence-electron chi connectivity index (χ2n) is 5.08. The molecule has 0 aromatic heterocycles. The largest absolute Gasteiger partial charge is 0.507 e. The number of aromatic carboxylic acids is 1. The molecule has 126 valence electrons. The fourth-order valence-electron chi connectivity index (χ4n) is 2.25. The number of halogens is 1. The minimum atomic E-state index is -1.09. The third kappa shape index (κ3) is 3.53. The first-order valence-electron chi connectivity index (χ1n) is 6.96. The van der Waals surface area contributed by atoms with Gasteiger partial charge in [0.15, 0.2) is 4.32 Å². The summed E-state index contributed by atoms with van der Waals surface area (Å²) in [6.07, 6.45) is 1.50. The Bertz CT molecular complexity index is 942.